The number of rotatable bonds is 2. The van der Waals surface area contributed by atoms with Crippen molar-refractivity contribution in [2.75, 3.05) is 13.2 Å². The van der Waals surface area contributed by atoms with Crippen molar-refractivity contribution in [1.82, 2.24) is 0 Å². The fourth-order valence-corrected chi connectivity index (χ4v) is 3.29. The Labute approximate surface area is 256 Å². The van der Waals surface area contributed by atoms with Crippen molar-refractivity contribution in [3.05, 3.63) is 71.2 Å². The number of hydrogen-bond donors (Lipinski definition) is 1. The largest absolute Gasteiger partial charge is 0.507 e. The molecule has 1 N–H and O–H groups in total. The van der Waals surface area contributed by atoms with Crippen LogP contribution in [0.1, 0.15) is 61.4 Å². The molecule has 0 unspecified atom stereocenters. The van der Waals surface area contributed by atoms with E-state index in [-0.39, 0.29) is 31.3 Å². The van der Waals surface area contributed by atoms with Gasteiger partial charge < -0.3 is 22.9 Å². The molecule has 3 nitrogen and oxygen atoms in total. The van der Waals surface area contributed by atoms with Crippen molar-refractivity contribution < 1.29 is 35.7 Å². The van der Waals surface area contributed by atoms with Crippen LogP contribution in [0.5, 0.6) is 5.75 Å². The van der Waals surface area contributed by atoms with E-state index < -0.39 is 16.1 Å². The summed E-state index contributed by atoms with van der Waals surface area (Å²) in [5.41, 5.74) is 6.13. The number of phenols is 1. The molecule has 1 heterocycles. The van der Waals surface area contributed by atoms with Crippen molar-refractivity contribution in [2.45, 2.75) is 99.1 Å². The summed E-state index contributed by atoms with van der Waals surface area (Å²) in [7, 11) is -1.72. The Morgan fingerprint density at radius 2 is 1.29 bits per heavy atom. The van der Waals surface area contributed by atoms with Crippen molar-refractivity contribution in [3.8, 4) is 5.75 Å². The molecule has 0 aromatic heterocycles. The number of aliphatic imine (C=N–C) groups is 1. The van der Waals surface area contributed by atoms with Gasteiger partial charge >= 0.3 is 0 Å². The fourth-order valence-electron chi connectivity index (χ4n) is 3.29. The van der Waals surface area contributed by atoms with Gasteiger partial charge in [-0.1, -0.05) is 89.9 Å². The molecule has 0 saturated carbocycles. The van der Waals surface area contributed by atoms with Crippen LogP contribution in [0.2, 0.25) is 39.3 Å². The molecule has 38 heavy (non-hydrogen) atoms. The van der Waals surface area contributed by atoms with Gasteiger partial charge in [0.2, 0.25) is 0 Å². The molecule has 1 aliphatic rings. The molecule has 1 aliphatic heterocycles. The number of ether oxygens (including phenoxy) is 1. The van der Waals surface area contributed by atoms with Crippen LogP contribution < -0.4 is 0 Å². The third kappa shape index (κ3) is 20.1. The quantitative estimate of drug-likeness (QED) is 0.216. The smallest absolute Gasteiger partial charge is 0.128 e. The zero-order valence-corrected chi connectivity index (χ0v) is 30.4. The summed E-state index contributed by atoms with van der Waals surface area (Å²) in [5, 5.41) is 10.5. The van der Waals surface area contributed by atoms with E-state index >= 15 is 0 Å². The molecular formula is C32H55NO2ScSi2-2. The average Bonchev–Trinajstić information content (AvgIpc) is 3.25. The van der Waals surface area contributed by atoms with Gasteiger partial charge in [0.25, 0.3) is 0 Å². The van der Waals surface area contributed by atoms with Gasteiger partial charge in [-0.05, 0) is 61.8 Å². The van der Waals surface area contributed by atoms with Crippen LogP contribution in [0, 0.1) is 33.9 Å². The Kier molecular flexibility index (Phi) is 18.4. The predicted molar refractivity (Wildman–Crippen MR) is 172 cm³/mol. The molecule has 213 valence electrons. The average molecular weight is 587 g/mol. The minimum atomic E-state index is -0.861. The maximum atomic E-state index is 10.5. The van der Waals surface area contributed by atoms with Crippen LogP contribution in [-0.2, 0) is 36.0 Å². The normalized spacial score (nSPS) is 13.3. The summed E-state index contributed by atoms with van der Waals surface area (Å²) in [5.74, 6) is 0.321. The third-order valence-electron chi connectivity index (χ3n) is 4.67. The van der Waals surface area contributed by atoms with Crippen LogP contribution in [-0.4, -0.2) is 40.7 Å². The number of phenolic OH excluding ortho intramolecular Hbond substituents is 1. The number of hydrogen-bond acceptors (Lipinski definition) is 3. The first-order valence-electron chi connectivity index (χ1n) is 13.4. The van der Waals surface area contributed by atoms with E-state index in [0.717, 1.165) is 41.2 Å². The van der Waals surface area contributed by atoms with E-state index in [9.17, 15) is 5.11 Å². The molecule has 3 rings (SSSR count). The molecule has 2 aromatic rings. The van der Waals surface area contributed by atoms with Gasteiger partial charge in [0.05, 0.1) is 5.69 Å². The summed E-state index contributed by atoms with van der Waals surface area (Å²) in [6.07, 6.45) is 4.31. The van der Waals surface area contributed by atoms with Crippen LogP contribution in [0.25, 0.3) is 0 Å². The first-order chi connectivity index (χ1) is 16.7. The molecular weight excluding hydrogens is 531 g/mol. The van der Waals surface area contributed by atoms with E-state index in [4.69, 9.17) is 4.74 Å². The molecule has 1 fully saturated rings. The van der Waals surface area contributed by atoms with E-state index in [1.165, 1.54) is 18.4 Å². The van der Waals surface area contributed by atoms with Gasteiger partial charge in [-0.2, -0.15) is 0 Å². The minimum Gasteiger partial charge on any atom is -0.507 e. The first kappa shape index (κ1) is 39.3. The zero-order valence-electron chi connectivity index (χ0n) is 26.6. The standard InChI is InChI=1S/C20H25NO.C4H8O.2C4H11Si.Sc/c1-13-10-14(2)18(15(3)11-13)21-12-16-8-7-9-17(19(16)22)20(4,5)6;1-2-4-5-3-1;2*1-5(2,3)4;/h7-12,22H,1-6H3;1-4H2;2*1H2,2-4H3;/q;;2*-1;. The number of aromatic hydroxyl groups is 1. The molecule has 0 spiro atoms. The molecule has 2 aromatic carbocycles. The fraction of sp³-hybridized carbons (Fsp3) is 0.531. The summed E-state index contributed by atoms with van der Waals surface area (Å²) >= 11 is 0. The third-order valence-corrected chi connectivity index (χ3v) is 4.67. The zero-order chi connectivity index (χ0) is 29.0. The van der Waals surface area contributed by atoms with Crippen molar-refractivity contribution in [2.24, 2.45) is 4.99 Å². The molecule has 1 radical (unpaired) electrons. The maximum absolute atomic E-state index is 10.5. The molecule has 6 heteroatoms. The Hall–Kier alpha value is -0.826. The van der Waals surface area contributed by atoms with E-state index in [0.29, 0.717) is 5.75 Å². The summed E-state index contributed by atoms with van der Waals surface area (Å²) in [4.78, 5) is 4.62. The van der Waals surface area contributed by atoms with Crippen molar-refractivity contribution in [1.29, 1.82) is 0 Å². The van der Waals surface area contributed by atoms with Crippen LogP contribution in [0.4, 0.5) is 5.69 Å². The van der Waals surface area contributed by atoms with Crippen LogP contribution >= 0.6 is 0 Å². The molecule has 0 amide bonds. The number of para-hydroxylation sites is 1. The summed E-state index contributed by atoms with van der Waals surface area (Å²) in [6, 6.07) is 10.1. The molecule has 1 saturated heterocycles. The van der Waals surface area contributed by atoms with Gasteiger partial charge in [-0.3, -0.25) is 4.99 Å². The summed E-state index contributed by atoms with van der Waals surface area (Å²) in [6.45, 7) is 35.6. The molecule has 0 atom stereocenters. The SMILES string of the molecule is C1CCOC1.Cc1cc(C)c(N=Cc2cccc(C(C)(C)C)c2O)c(C)c1.[CH2-][Si](C)(C)C.[CH2-][Si](C)(C)C.[Sc]. The van der Waals surface area contributed by atoms with Crippen molar-refractivity contribution in [3.63, 3.8) is 0 Å². The maximum Gasteiger partial charge on any atom is 0.128 e. The Morgan fingerprint density at radius 1 is 0.868 bits per heavy atom. The van der Waals surface area contributed by atoms with Gasteiger partial charge in [0.15, 0.2) is 0 Å². The Balaban J connectivity index is 0. The van der Waals surface area contributed by atoms with Crippen LogP contribution in [0.15, 0.2) is 35.3 Å². The van der Waals surface area contributed by atoms with Gasteiger partial charge in [0, 0.05) is 50.8 Å². The second kappa shape index (κ2) is 17.8. The minimum absolute atomic E-state index is 0. The van der Waals surface area contributed by atoms with Gasteiger partial charge in [0.1, 0.15) is 5.75 Å². The Bertz CT molecular complexity index is 926. The van der Waals surface area contributed by atoms with Crippen LogP contribution in [0.3, 0.4) is 0 Å². The van der Waals surface area contributed by atoms with E-state index in [1.807, 2.05) is 18.2 Å². The van der Waals surface area contributed by atoms with Crippen molar-refractivity contribution >= 4 is 28.0 Å². The topological polar surface area (TPSA) is 41.8 Å². The number of aryl methyl sites for hydroxylation is 3. The van der Waals surface area contributed by atoms with E-state index in [2.05, 4.69) is 111 Å². The van der Waals surface area contributed by atoms with E-state index in [1.54, 1.807) is 6.21 Å². The predicted octanol–water partition coefficient (Wildman–Crippen LogP) is 9.56. The second-order valence-electron chi connectivity index (χ2n) is 13.4. The second-order valence-corrected chi connectivity index (χ2v) is 23.7. The summed E-state index contributed by atoms with van der Waals surface area (Å²) < 4.78 is 4.94. The Morgan fingerprint density at radius 3 is 1.63 bits per heavy atom. The first-order valence-corrected chi connectivity index (χ1v) is 20.8. The molecule has 0 aliphatic carbocycles. The van der Waals surface area contributed by atoms with Gasteiger partial charge in [-0.25, -0.2) is 0 Å². The number of benzene rings is 2. The monoisotopic (exact) mass is 586 g/mol. The number of nitrogens with zero attached hydrogens (tertiary/aromatic N) is 1. The molecule has 0 bridgehead atoms. The van der Waals surface area contributed by atoms with Gasteiger partial charge in [-0.15, -0.1) is 16.1 Å².